The van der Waals surface area contributed by atoms with Gasteiger partial charge in [0.15, 0.2) is 0 Å². The van der Waals surface area contributed by atoms with Gasteiger partial charge in [-0.25, -0.2) is 0 Å². The fraction of sp³-hybridized carbons (Fsp3) is 1.00. The van der Waals surface area contributed by atoms with Gasteiger partial charge in [0.25, 0.3) is 0 Å². The summed E-state index contributed by atoms with van der Waals surface area (Å²) in [7, 11) is -3.60. The van der Waals surface area contributed by atoms with E-state index in [9.17, 15) is 39.5 Å². The van der Waals surface area contributed by atoms with E-state index >= 15 is 0 Å². The first-order chi connectivity index (χ1) is 11.1. The van der Waals surface area contributed by atoms with Crippen molar-refractivity contribution in [2.45, 2.75) is 76.2 Å². The van der Waals surface area contributed by atoms with Gasteiger partial charge in [0.2, 0.25) is 0 Å². The van der Waals surface area contributed by atoms with E-state index in [1.807, 2.05) is 0 Å². The molecule has 0 aromatic heterocycles. The van der Waals surface area contributed by atoms with E-state index in [0.717, 1.165) is 0 Å². The predicted molar refractivity (Wildman–Crippen MR) is 79.7 cm³/mol. The maximum absolute atomic E-state index is 12.6. The normalized spacial score (nSPS) is 14.4. The average molecular weight is 405 g/mol. The van der Waals surface area contributed by atoms with Gasteiger partial charge in [0.05, 0.1) is 0 Å². The zero-order valence-corrected chi connectivity index (χ0v) is 15.2. The number of hydrogen-bond acceptors (Lipinski definition) is 1. The molecule has 0 amide bonds. The van der Waals surface area contributed by atoms with Gasteiger partial charge in [0.1, 0.15) is 8.24 Å². The fourth-order valence-corrected chi connectivity index (χ4v) is 8.29. The third-order valence-electron chi connectivity index (χ3n) is 4.17. The summed E-state index contributed by atoms with van der Waals surface area (Å²) in [5, 5.41) is 0. The van der Waals surface area contributed by atoms with Crippen LogP contribution in [0, 0.1) is 0 Å². The smallest absolute Gasteiger partial charge is 0.324 e. The minimum Gasteiger partial charge on any atom is -0.324 e. The molecule has 0 aliphatic rings. The first-order valence-corrected chi connectivity index (χ1v) is 10.7. The van der Waals surface area contributed by atoms with Gasteiger partial charge in [0, 0.05) is 19.3 Å². The highest BCUT2D eigenvalue weighted by Gasteiger charge is 2.46. The minimum atomic E-state index is -4.61. The Hall–Kier alpha value is -0.453. The first-order valence-electron chi connectivity index (χ1n) is 8.09. The van der Waals surface area contributed by atoms with Crippen molar-refractivity contribution in [3.05, 3.63) is 0 Å². The Morgan fingerprint density at radius 2 is 0.960 bits per heavy atom. The quantitative estimate of drug-likeness (QED) is 0.295. The topological polar surface area (TPSA) is 3.24 Å². The number of halogens is 9. The van der Waals surface area contributed by atoms with Gasteiger partial charge in [-0.3, -0.25) is 0 Å². The van der Waals surface area contributed by atoms with Crippen LogP contribution in [-0.2, 0) is 0 Å². The van der Waals surface area contributed by atoms with Crippen molar-refractivity contribution < 1.29 is 39.5 Å². The molecule has 0 aromatic carbocycles. The van der Waals surface area contributed by atoms with E-state index in [-0.39, 0.29) is 13.1 Å². The molecule has 0 spiro atoms. The minimum absolute atomic E-state index is 0.146. The summed E-state index contributed by atoms with van der Waals surface area (Å²) in [6.45, 7) is 3.61. The molecule has 0 radical (unpaired) electrons. The van der Waals surface area contributed by atoms with Gasteiger partial charge < -0.3 is 4.57 Å². The molecule has 0 N–H and O–H groups in total. The SMILES string of the molecule is CCCN(CC)[Si](CCC(F)(F)F)(CCC(F)(F)F)CCC(F)(F)F. The molecule has 0 fully saturated rings. The summed E-state index contributed by atoms with van der Waals surface area (Å²) in [5.41, 5.74) is 0. The molecule has 0 atom stereocenters. The molecule has 0 saturated carbocycles. The summed E-state index contributed by atoms with van der Waals surface area (Å²) >= 11 is 0. The van der Waals surface area contributed by atoms with Gasteiger partial charge >= 0.3 is 18.5 Å². The van der Waals surface area contributed by atoms with Crippen LogP contribution < -0.4 is 0 Å². The molecule has 0 aliphatic heterocycles. The third kappa shape index (κ3) is 11.0. The lowest BCUT2D eigenvalue weighted by atomic mass is 10.5. The third-order valence-corrected chi connectivity index (χ3v) is 9.59. The summed E-state index contributed by atoms with van der Waals surface area (Å²) in [5.74, 6) is 0. The lowest BCUT2D eigenvalue weighted by molar-refractivity contribution is -0.133. The second-order valence-electron chi connectivity index (χ2n) is 6.15. The summed E-state index contributed by atoms with van der Waals surface area (Å²) in [4.78, 5) is 0. The van der Waals surface area contributed by atoms with E-state index in [2.05, 4.69) is 0 Å². The monoisotopic (exact) mass is 405 g/mol. The Morgan fingerprint density at radius 3 is 1.16 bits per heavy atom. The van der Waals surface area contributed by atoms with Crippen LogP contribution in [0.4, 0.5) is 39.5 Å². The van der Waals surface area contributed by atoms with Crippen molar-refractivity contribution in [3.63, 3.8) is 0 Å². The Morgan fingerprint density at radius 1 is 0.640 bits per heavy atom. The molecule has 0 aliphatic carbocycles. The van der Waals surface area contributed by atoms with Crippen molar-refractivity contribution in [2.75, 3.05) is 13.1 Å². The van der Waals surface area contributed by atoms with Crippen LogP contribution in [-0.4, -0.2) is 44.4 Å². The molecule has 0 bridgehead atoms. The van der Waals surface area contributed by atoms with Crippen LogP contribution in [0.1, 0.15) is 39.5 Å². The first kappa shape index (κ1) is 24.5. The summed E-state index contributed by atoms with van der Waals surface area (Å²) < 4.78 is 115. The van der Waals surface area contributed by atoms with Crippen molar-refractivity contribution >= 4 is 8.24 Å². The highest BCUT2D eigenvalue weighted by molar-refractivity contribution is 6.77. The second-order valence-corrected chi connectivity index (χ2v) is 10.7. The van der Waals surface area contributed by atoms with Crippen LogP contribution in [0.25, 0.3) is 0 Å². The zero-order valence-electron chi connectivity index (χ0n) is 14.2. The molecule has 0 unspecified atom stereocenters. The van der Waals surface area contributed by atoms with Gasteiger partial charge in [-0.15, -0.1) is 0 Å². The van der Waals surface area contributed by atoms with Crippen LogP contribution in [0.2, 0.25) is 18.1 Å². The van der Waals surface area contributed by atoms with Crippen molar-refractivity contribution in [1.82, 2.24) is 4.57 Å². The average Bonchev–Trinajstić information content (AvgIpc) is 2.42. The standard InChI is InChI=1S/C14H24F9NSi/c1-3-8-24(4-2)25(9-5-12(15,16)17,10-6-13(18,19)20)11-7-14(21,22)23/h3-11H2,1-2H3. The zero-order chi connectivity index (χ0) is 19.9. The van der Waals surface area contributed by atoms with Crippen LogP contribution in [0.15, 0.2) is 0 Å². The van der Waals surface area contributed by atoms with E-state index in [4.69, 9.17) is 0 Å². The molecule has 1 nitrogen and oxygen atoms in total. The Balaban J connectivity index is 5.63. The lowest BCUT2D eigenvalue weighted by Crippen LogP contribution is -2.55. The number of rotatable bonds is 10. The molecule has 25 heavy (non-hydrogen) atoms. The Bertz CT molecular complexity index is 330. The molecule has 0 saturated heterocycles. The molecule has 0 rings (SSSR count). The molecule has 0 heterocycles. The molecule has 0 aromatic rings. The maximum atomic E-state index is 12.6. The van der Waals surface area contributed by atoms with Gasteiger partial charge in [-0.1, -0.05) is 13.8 Å². The number of alkyl halides is 9. The largest absolute Gasteiger partial charge is 0.388 e. The predicted octanol–water partition coefficient (Wildman–Crippen LogP) is 6.52. The van der Waals surface area contributed by atoms with E-state index in [0.29, 0.717) is 6.42 Å². The number of nitrogens with zero attached hydrogens (tertiary/aromatic N) is 1. The van der Waals surface area contributed by atoms with Crippen LogP contribution in [0.5, 0.6) is 0 Å². The summed E-state index contributed by atoms with van der Waals surface area (Å²) in [6.07, 6.45) is -17.4. The van der Waals surface area contributed by atoms with Crippen molar-refractivity contribution in [3.8, 4) is 0 Å². The van der Waals surface area contributed by atoms with E-state index in [1.165, 1.54) is 4.57 Å². The van der Waals surface area contributed by atoms with Crippen LogP contribution >= 0.6 is 0 Å². The fourth-order valence-electron chi connectivity index (χ4n) is 2.97. The molecule has 152 valence electrons. The van der Waals surface area contributed by atoms with Crippen molar-refractivity contribution in [2.24, 2.45) is 0 Å². The lowest BCUT2D eigenvalue weighted by Gasteiger charge is -2.43. The Kier molecular flexibility index (Phi) is 9.30. The highest BCUT2D eigenvalue weighted by Crippen LogP contribution is 2.39. The van der Waals surface area contributed by atoms with Gasteiger partial charge in [-0.2, -0.15) is 39.5 Å². The molecular formula is C14H24F9NSi. The van der Waals surface area contributed by atoms with Gasteiger partial charge in [-0.05, 0) is 37.6 Å². The van der Waals surface area contributed by atoms with Crippen LogP contribution in [0.3, 0.4) is 0 Å². The van der Waals surface area contributed by atoms with E-state index < -0.39 is 64.2 Å². The van der Waals surface area contributed by atoms with E-state index in [1.54, 1.807) is 13.8 Å². The van der Waals surface area contributed by atoms with Crippen molar-refractivity contribution in [1.29, 1.82) is 0 Å². The molecule has 11 heteroatoms. The maximum Gasteiger partial charge on any atom is 0.388 e. The second kappa shape index (κ2) is 9.47. The molecular weight excluding hydrogens is 381 g/mol. The number of hydrogen-bond donors (Lipinski definition) is 0. The summed E-state index contributed by atoms with van der Waals surface area (Å²) in [6, 6.07) is -1.93. The Labute approximate surface area is 142 Å². The highest BCUT2D eigenvalue weighted by atomic mass is 28.3.